The molecular weight excluding hydrogens is 298 g/mol. The minimum atomic E-state index is -1.02. The average Bonchev–Trinajstić information content (AvgIpc) is 3.04. The van der Waals surface area contributed by atoms with Gasteiger partial charge in [0.15, 0.2) is 0 Å². The van der Waals surface area contributed by atoms with Crippen molar-refractivity contribution < 1.29 is 24.2 Å². The zero-order chi connectivity index (χ0) is 16.5. The Balaban J connectivity index is 1.61. The largest absolute Gasteiger partial charge is 0.478 e. The highest BCUT2D eigenvalue weighted by Crippen LogP contribution is 2.12. The molecule has 23 heavy (non-hydrogen) atoms. The molecule has 1 aromatic rings. The van der Waals surface area contributed by atoms with Gasteiger partial charge in [0.2, 0.25) is 5.91 Å². The van der Waals surface area contributed by atoms with Gasteiger partial charge >= 0.3 is 5.97 Å². The first-order valence-corrected chi connectivity index (χ1v) is 7.94. The molecule has 6 nitrogen and oxygen atoms in total. The normalized spacial score (nSPS) is 17.1. The van der Waals surface area contributed by atoms with Crippen LogP contribution < -0.4 is 5.32 Å². The Morgan fingerprint density at radius 3 is 2.91 bits per heavy atom. The molecule has 0 aliphatic carbocycles. The maximum atomic E-state index is 11.9. The first-order valence-electron chi connectivity index (χ1n) is 7.94. The minimum Gasteiger partial charge on any atom is -0.478 e. The van der Waals surface area contributed by atoms with Crippen LogP contribution in [0.25, 0.3) is 0 Å². The van der Waals surface area contributed by atoms with Gasteiger partial charge in [-0.2, -0.15) is 0 Å². The second-order valence-corrected chi connectivity index (χ2v) is 5.55. The maximum Gasteiger partial charge on any atom is 0.335 e. The molecule has 6 heteroatoms. The van der Waals surface area contributed by atoms with Crippen LogP contribution in [0, 0.1) is 0 Å². The lowest BCUT2D eigenvalue weighted by Crippen LogP contribution is -2.27. The van der Waals surface area contributed by atoms with Gasteiger partial charge in [-0.25, -0.2) is 4.79 Å². The lowest BCUT2D eigenvalue weighted by molar-refractivity contribution is -0.120. The Hall–Kier alpha value is -1.92. The van der Waals surface area contributed by atoms with E-state index in [1.54, 1.807) is 18.2 Å². The lowest BCUT2D eigenvalue weighted by Gasteiger charge is -2.10. The number of rotatable bonds is 9. The second-order valence-electron chi connectivity index (χ2n) is 5.55. The van der Waals surface area contributed by atoms with Gasteiger partial charge < -0.3 is 19.9 Å². The monoisotopic (exact) mass is 321 g/mol. The van der Waals surface area contributed by atoms with Crippen molar-refractivity contribution in [3.63, 3.8) is 0 Å². The number of carboxylic acids is 1. The predicted molar refractivity (Wildman–Crippen MR) is 84.5 cm³/mol. The van der Waals surface area contributed by atoms with Crippen LogP contribution in [0.2, 0.25) is 0 Å². The summed E-state index contributed by atoms with van der Waals surface area (Å²) in [4.78, 5) is 23.0. The number of ether oxygens (including phenoxy) is 2. The molecule has 1 saturated heterocycles. The van der Waals surface area contributed by atoms with E-state index in [9.17, 15) is 9.59 Å². The van der Waals surface area contributed by atoms with Crippen molar-refractivity contribution in [1.82, 2.24) is 5.32 Å². The van der Waals surface area contributed by atoms with Crippen molar-refractivity contribution in [3.05, 3.63) is 35.4 Å². The molecule has 0 radical (unpaired) electrons. The first-order chi connectivity index (χ1) is 11.2. The fourth-order valence-electron chi connectivity index (χ4n) is 2.51. The molecule has 1 fully saturated rings. The van der Waals surface area contributed by atoms with Crippen LogP contribution in [0.5, 0.6) is 0 Å². The third-order valence-electron chi connectivity index (χ3n) is 3.71. The van der Waals surface area contributed by atoms with Crippen LogP contribution in [0.15, 0.2) is 24.3 Å². The third kappa shape index (κ3) is 6.00. The summed E-state index contributed by atoms with van der Waals surface area (Å²) >= 11 is 0. The van der Waals surface area contributed by atoms with Gasteiger partial charge in [0, 0.05) is 19.8 Å². The van der Waals surface area contributed by atoms with E-state index in [1.807, 2.05) is 0 Å². The second kappa shape index (κ2) is 9.27. The molecule has 0 bridgehead atoms. The Morgan fingerprint density at radius 2 is 2.17 bits per heavy atom. The van der Waals surface area contributed by atoms with Gasteiger partial charge in [-0.05, 0) is 30.9 Å². The third-order valence-corrected chi connectivity index (χ3v) is 3.71. The van der Waals surface area contributed by atoms with Crippen molar-refractivity contribution in [1.29, 1.82) is 0 Å². The van der Waals surface area contributed by atoms with Crippen molar-refractivity contribution in [2.24, 2.45) is 0 Å². The van der Waals surface area contributed by atoms with E-state index in [-0.39, 0.29) is 24.0 Å². The highest BCUT2D eigenvalue weighted by molar-refractivity contribution is 5.91. The van der Waals surface area contributed by atoms with Crippen LogP contribution in [0.4, 0.5) is 0 Å². The summed E-state index contributed by atoms with van der Waals surface area (Å²) in [5, 5.41) is 11.9. The van der Waals surface area contributed by atoms with E-state index >= 15 is 0 Å². The van der Waals surface area contributed by atoms with Crippen molar-refractivity contribution >= 4 is 11.9 Å². The molecule has 2 N–H and O–H groups in total. The van der Waals surface area contributed by atoms with Crippen LogP contribution in [-0.2, 0) is 20.7 Å². The van der Waals surface area contributed by atoms with Crippen LogP contribution in [0.3, 0.4) is 0 Å². The minimum absolute atomic E-state index is 0.0687. The van der Waals surface area contributed by atoms with Gasteiger partial charge in [-0.3, -0.25) is 4.79 Å². The molecule has 1 aliphatic rings. The van der Waals surface area contributed by atoms with Crippen molar-refractivity contribution in [2.75, 3.05) is 26.4 Å². The molecule has 0 aromatic heterocycles. The summed E-state index contributed by atoms with van der Waals surface area (Å²) < 4.78 is 11.0. The van der Waals surface area contributed by atoms with Crippen molar-refractivity contribution in [3.8, 4) is 0 Å². The van der Waals surface area contributed by atoms with Gasteiger partial charge in [0.1, 0.15) is 0 Å². The summed E-state index contributed by atoms with van der Waals surface area (Å²) in [7, 11) is 0. The Kier molecular flexibility index (Phi) is 7.03. The standard InChI is InChI=1S/C17H23NO5/c19-16(11-13-5-1-2-7-15(13)17(20)21)18-8-4-9-22-12-14-6-3-10-23-14/h1-2,5,7,14H,3-4,6,8-12H2,(H,18,19)(H,20,21). The van der Waals surface area contributed by atoms with Crippen molar-refractivity contribution in [2.45, 2.75) is 31.8 Å². The molecule has 1 amide bonds. The zero-order valence-electron chi connectivity index (χ0n) is 13.1. The maximum absolute atomic E-state index is 11.9. The number of amides is 1. The molecule has 1 aliphatic heterocycles. The fraction of sp³-hybridized carbons (Fsp3) is 0.529. The van der Waals surface area contributed by atoms with E-state index in [0.29, 0.717) is 25.3 Å². The highest BCUT2D eigenvalue weighted by atomic mass is 16.5. The Morgan fingerprint density at radius 1 is 1.35 bits per heavy atom. The van der Waals surface area contributed by atoms with E-state index in [0.717, 1.165) is 25.9 Å². The van der Waals surface area contributed by atoms with Gasteiger partial charge in [0.25, 0.3) is 0 Å². The Labute approximate surface area is 135 Å². The van der Waals surface area contributed by atoms with E-state index in [1.165, 1.54) is 6.07 Å². The molecule has 126 valence electrons. The van der Waals surface area contributed by atoms with E-state index in [4.69, 9.17) is 14.6 Å². The van der Waals surface area contributed by atoms with Crippen LogP contribution in [-0.4, -0.2) is 49.5 Å². The molecule has 1 heterocycles. The number of carbonyl (C=O) groups excluding carboxylic acids is 1. The number of carbonyl (C=O) groups is 2. The highest BCUT2D eigenvalue weighted by Gasteiger charge is 2.15. The molecule has 0 saturated carbocycles. The summed E-state index contributed by atoms with van der Waals surface area (Å²) in [5.41, 5.74) is 0.690. The molecule has 1 atom stereocenters. The fourth-order valence-corrected chi connectivity index (χ4v) is 2.51. The van der Waals surface area contributed by atoms with Gasteiger partial charge in [0.05, 0.1) is 24.7 Å². The van der Waals surface area contributed by atoms with Gasteiger partial charge in [-0.1, -0.05) is 18.2 Å². The summed E-state index contributed by atoms with van der Waals surface area (Å²) in [6, 6.07) is 6.54. The number of nitrogens with one attached hydrogen (secondary N) is 1. The van der Waals surface area contributed by atoms with E-state index in [2.05, 4.69) is 5.32 Å². The Bertz CT molecular complexity index is 525. The summed E-state index contributed by atoms with van der Waals surface area (Å²) in [6.07, 6.45) is 3.16. The zero-order valence-corrected chi connectivity index (χ0v) is 13.1. The number of carboxylic acid groups (broad SMARTS) is 1. The first kappa shape index (κ1) is 17.4. The lowest BCUT2D eigenvalue weighted by atomic mass is 10.0. The van der Waals surface area contributed by atoms with Crippen LogP contribution in [0.1, 0.15) is 35.2 Å². The quantitative estimate of drug-likeness (QED) is 0.675. The van der Waals surface area contributed by atoms with Gasteiger partial charge in [-0.15, -0.1) is 0 Å². The predicted octanol–water partition coefficient (Wildman–Crippen LogP) is 1.63. The number of hydrogen-bond donors (Lipinski definition) is 2. The SMILES string of the molecule is O=C(Cc1ccccc1C(=O)O)NCCCOCC1CCCO1. The topological polar surface area (TPSA) is 84.9 Å². The smallest absolute Gasteiger partial charge is 0.335 e. The molecular formula is C17H23NO5. The molecule has 1 unspecified atom stereocenters. The average molecular weight is 321 g/mol. The molecule has 1 aromatic carbocycles. The van der Waals surface area contributed by atoms with Crippen LogP contribution >= 0.6 is 0 Å². The summed E-state index contributed by atoms with van der Waals surface area (Å²) in [5.74, 6) is -1.20. The summed E-state index contributed by atoms with van der Waals surface area (Å²) in [6.45, 7) is 2.52. The molecule has 2 rings (SSSR count). The number of benzene rings is 1. The molecule has 0 spiro atoms. The number of aromatic carboxylic acids is 1. The van der Waals surface area contributed by atoms with E-state index < -0.39 is 5.97 Å². The number of hydrogen-bond acceptors (Lipinski definition) is 4.